The first-order valence-electron chi connectivity index (χ1n) is 11.0. The molecule has 1 N–H and O–H groups in total. The molecule has 5 aromatic rings. The van der Waals surface area contributed by atoms with E-state index in [1.165, 1.54) is 55.3 Å². The van der Waals surface area contributed by atoms with Crippen LogP contribution in [0.2, 0.25) is 0 Å². The first-order valence-corrected chi connectivity index (χ1v) is 11.0. The van der Waals surface area contributed by atoms with Crippen LogP contribution in [0, 0.1) is 6.92 Å². The molecule has 2 aromatic heterocycles. The Labute approximate surface area is 182 Å². The SMILES string of the molecule is Cc1ccc2c(c1)c1c(n2C)C(c2ccccc2-c2ccc3c(ccn3C)c2)CNC1. The lowest BCUT2D eigenvalue weighted by atomic mass is 9.85. The highest BCUT2D eigenvalue weighted by Gasteiger charge is 2.29. The Hall–Kier alpha value is -3.30. The normalized spacial score (nSPS) is 16.2. The standard InChI is InChI=1S/C28H27N3/c1-18-8-10-27-23(14-18)25-17-29-16-24(28(25)31(27)3)22-7-5-4-6-21(22)19-9-11-26-20(15-19)12-13-30(26)2/h4-15,24,29H,16-17H2,1-3H3. The minimum atomic E-state index is 0.323. The number of nitrogens with zero attached hydrogens (tertiary/aromatic N) is 2. The van der Waals surface area contributed by atoms with Crippen molar-refractivity contribution in [1.29, 1.82) is 0 Å². The van der Waals surface area contributed by atoms with Crippen LogP contribution in [0.1, 0.15) is 28.3 Å². The largest absolute Gasteiger partial charge is 0.351 e. The number of hydrogen-bond acceptors (Lipinski definition) is 1. The molecular weight excluding hydrogens is 378 g/mol. The smallest absolute Gasteiger partial charge is 0.0483 e. The molecule has 3 nitrogen and oxygen atoms in total. The molecule has 31 heavy (non-hydrogen) atoms. The van der Waals surface area contributed by atoms with Gasteiger partial charge in [0.05, 0.1) is 0 Å². The fraction of sp³-hybridized carbons (Fsp3) is 0.214. The highest BCUT2D eigenvalue weighted by atomic mass is 15.0. The molecule has 3 aromatic carbocycles. The molecule has 1 aliphatic heterocycles. The molecule has 1 unspecified atom stereocenters. The molecular formula is C28H27N3. The second-order valence-electron chi connectivity index (χ2n) is 8.91. The maximum Gasteiger partial charge on any atom is 0.0483 e. The van der Waals surface area contributed by atoms with E-state index >= 15 is 0 Å². The van der Waals surface area contributed by atoms with E-state index in [-0.39, 0.29) is 0 Å². The van der Waals surface area contributed by atoms with Crippen LogP contribution in [0.25, 0.3) is 32.9 Å². The highest BCUT2D eigenvalue weighted by Crippen LogP contribution is 2.40. The summed E-state index contributed by atoms with van der Waals surface area (Å²) in [5, 5.41) is 6.39. The summed E-state index contributed by atoms with van der Waals surface area (Å²) in [6.45, 7) is 4.08. The molecule has 1 atom stereocenters. The third-order valence-corrected chi connectivity index (χ3v) is 7.02. The van der Waals surface area contributed by atoms with Crippen molar-refractivity contribution < 1.29 is 0 Å². The Morgan fingerprint density at radius 1 is 0.903 bits per heavy atom. The summed E-state index contributed by atoms with van der Waals surface area (Å²) in [4.78, 5) is 0. The van der Waals surface area contributed by atoms with Gasteiger partial charge in [-0.15, -0.1) is 0 Å². The van der Waals surface area contributed by atoms with Gasteiger partial charge >= 0.3 is 0 Å². The van der Waals surface area contributed by atoms with Gasteiger partial charge in [-0.2, -0.15) is 0 Å². The minimum Gasteiger partial charge on any atom is -0.351 e. The van der Waals surface area contributed by atoms with Crippen molar-refractivity contribution in [2.75, 3.05) is 6.54 Å². The first-order chi connectivity index (χ1) is 15.1. The molecule has 3 heterocycles. The van der Waals surface area contributed by atoms with E-state index in [0.717, 1.165) is 13.1 Å². The van der Waals surface area contributed by atoms with Crippen molar-refractivity contribution in [2.24, 2.45) is 14.1 Å². The Kier molecular flexibility index (Phi) is 4.09. The van der Waals surface area contributed by atoms with E-state index in [1.807, 2.05) is 0 Å². The topological polar surface area (TPSA) is 21.9 Å². The van der Waals surface area contributed by atoms with Gasteiger partial charge in [0.1, 0.15) is 0 Å². The van der Waals surface area contributed by atoms with E-state index in [2.05, 4.69) is 108 Å². The molecule has 0 fully saturated rings. The van der Waals surface area contributed by atoms with Crippen LogP contribution in [-0.2, 0) is 20.6 Å². The van der Waals surface area contributed by atoms with E-state index in [9.17, 15) is 0 Å². The fourth-order valence-electron chi connectivity index (χ4n) is 5.49. The summed E-state index contributed by atoms with van der Waals surface area (Å²) in [5.41, 5.74) is 10.8. The van der Waals surface area contributed by atoms with Crippen LogP contribution in [0.15, 0.2) is 72.9 Å². The van der Waals surface area contributed by atoms with Crippen LogP contribution >= 0.6 is 0 Å². The van der Waals surface area contributed by atoms with Crippen molar-refractivity contribution in [1.82, 2.24) is 14.5 Å². The van der Waals surface area contributed by atoms with Crippen molar-refractivity contribution in [2.45, 2.75) is 19.4 Å². The van der Waals surface area contributed by atoms with Crippen LogP contribution in [0.3, 0.4) is 0 Å². The number of aromatic nitrogens is 2. The highest BCUT2D eigenvalue weighted by molar-refractivity contribution is 5.88. The average Bonchev–Trinajstić information content (AvgIpc) is 3.31. The third-order valence-electron chi connectivity index (χ3n) is 7.02. The monoisotopic (exact) mass is 405 g/mol. The molecule has 3 heteroatoms. The molecule has 0 spiro atoms. The van der Waals surface area contributed by atoms with Crippen LogP contribution in [0.4, 0.5) is 0 Å². The molecule has 1 aliphatic rings. The summed E-state index contributed by atoms with van der Waals surface area (Å²) < 4.78 is 4.60. The van der Waals surface area contributed by atoms with Crippen molar-refractivity contribution in [3.8, 4) is 11.1 Å². The molecule has 0 saturated carbocycles. The Morgan fingerprint density at radius 3 is 2.65 bits per heavy atom. The lowest BCUT2D eigenvalue weighted by molar-refractivity contribution is 0.569. The second-order valence-corrected chi connectivity index (χ2v) is 8.91. The zero-order valence-corrected chi connectivity index (χ0v) is 18.3. The Balaban J connectivity index is 1.55. The van der Waals surface area contributed by atoms with Crippen molar-refractivity contribution in [3.05, 3.63) is 95.3 Å². The van der Waals surface area contributed by atoms with Gasteiger partial charge in [0.15, 0.2) is 0 Å². The van der Waals surface area contributed by atoms with Gasteiger partial charge in [0.25, 0.3) is 0 Å². The van der Waals surface area contributed by atoms with Crippen LogP contribution in [-0.4, -0.2) is 15.7 Å². The summed E-state index contributed by atoms with van der Waals surface area (Å²) in [5.74, 6) is 0.323. The van der Waals surface area contributed by atoms with E-state index in [1.54, 1.807) is 0 Å². The molecule has 0 aliphatic carbocycles. The Morgan fingerprint density at radius 2 is 1.74 bits per heavy atom. The lowest BCUT2D eigenvalue weighted by Gasteiger charge is -2.28. The summed E-state index contributed by atoms with van der Waals surface area (Å²) in [6.07, 6.45) is 2.13. The van der Waals surface area contributed by atoms with Crippen LogP contribution in [0.5, 0.6) is 0 Å². The van der Waals surface area contributed by atoms with E-state index < -0.39 is 0 Å². The molecule has 0 bridgehead atoms. The van der Waals surface area contributed by atoms with Crippen molar-refractivity contribution >= 4 is 21.8 Å². The zero-order chi connectivity index (χ0) is 21.1. The summed E-state index contributed by atoms with van der Waals surface area (Å²) in [7, 11) is 4.33. The first kappa shape index (κ1) is 18.5. The number of nitrogens with one attached hydrogen (secondary N) is 1. The Bertz CT molecular complexity index is 1450. The second kappa shape index (κ2) is 6.86. The third kappa shape index (κ3) is 2.77. The average molecular weight is 406 g/mol. The number of hydrogen-bond donors (Lipinski definition) is 1. The maximum absolute atomic E-state index is 3.71. The zero-order valence-electron chi connectivity index (χ0n) is 18.3. The molecule has 154 valence electrons. The van der Waals surface area contributed by atoms with E-state index in [4.69, 9.17) is 0 Å². The molecule has 0 saturated heterocycles. The molecule has 6 rings (SSSR count). The summed E-state index contributed by atoms with van der Waals surface area (Å²) in [6, 6.07) is 24.8. The van der Waals surface area contributed by atoms with Gasteiger partial charge in [-0.1, -0.05) is 42.0 Å². The van der Waals surface area contributed by atoms with Gasteiger partial charge < -0.3 is 14.5 Å². The fourth-order valence-corrected chi connectivity index (χ4v) is 5.49. The summed E-state index contributed by atoms with van der Waals surface area (Å²) >= 11 is 0. The van der Waals surface area contributed by atoms with Gasteiger partial charge in [-0.05, 0) is 59.5 Å². The minimum absolute atomic E-state index is 0.323. The predicted molar refractivity (Wildman–Crippen MR) is 130 cm³/mol. The van der Waals surface area contributed by atoms with Gasteiger partial charge in [0, 0.05) is 66.8 Å². The number of aryl methyl sites for hydroxylation is 3. The maximum atomic E-state index is 3.71. The predicted octanol–water partition coefficient (Wildman–Crippen LogP) is 5.88. The van der Waals surface area contributed by atoms with Gasteiger partial charge in [-0.3, -0.25) is 0 Å². The van der Waals surface area contributed by atoms with E-state index in [0.29, 0.717) is 5.92 Å². The number of benzene rings is 3. The lowest BCUT2D eigenvalue weighted by Crippen LogP contribution is -2.30. The molecule has 0 radical (unpaired) electrons. The molecule has 0 amide bonds. The number of fused-ring (bicyclic) bond motifs is 4. The quantitative estimate of drug-likeness (QED) is 0.389. The van der Waals surface area contributed by atoms with Gasteiger partial charge in [0.2, 0.25) is 0 Å². The van der Waals surface area contributed by atoms with Crippen molar-refractivity contribution in [3.63, 3.8) is 0 Å². The number of rotatable bonds is 2. The van der Waals surface area contributed by atoms with Crippen LogP contribution < -0.4 is 5.32 Å². The van der Waals surface area contributed by atoms with Gasteiger partial charge in [-0.25, -0.2) is 0 Å².